The third kappa shape index (κ3) is 5.79. The van der Waals surface area contributed by atoms with E-state index >= 15 is 0 Å². The van der Waals surface area contributed by atoms with Crippen LogP contribution in [0.1, 0.15) is 50.7 Å². The van der Waals surface area contributed by atoms with E-state index in [2.05, 4.69) is 4.90 Å². The van der Waals surface area contributed by atoms with E-state index in [0.717, 1.165) is 5.56 Å². The summed E-state index contributed by atoms with van der Waals surface area (Å²) in [6.07, 6.45) is 5.32. The molecule has 0 aromatic carbocycles. The maximum atomic E-state index is 13.7. The number of aromatic nitrogens is 2. The van der Waals surface area contributed by atoms with Gasteiger partial charge < -0.3 is 14.7 Å². The standard InChI is InChI=1S/C25H30N4O5S2/c1-15-8-9-20-26-22(27-13-16(2)34-17(3)14-27)18(23(32)29(20)12-15)11-19-24(33)28(25(35)36-19)10-6-4-5-7-21(30)31/h8-9,11-12,16-17H,4-7,10,13-14H2,1-3H3,(H,30,31). The van der Waals surface area contributed by atoms with Crippen LogP contribution in [0.5, 0.6) is 0 Å². The van der Waals surface area contributed by atoms with Gasteiger partial charge in [-0.2, -0.15) is 0 Å². The number of hydrogen-bond acceptors (Lipinski definition) is 8. The van der Waals surface area contributed by atoms with Gasteiger partial charge in [0, 0.05) is 32.3 Å². The highest BCUT2D eigenvalue weighted by Crippen LogP contribution is 2.34. The van der Waals surface area contributed by atoms with Gasteiger partial charge in [-0.1, -0.05) is 36.5 Å². The molecular weight excluding hydrogens is 500 g/mol. The zero-order valence-electron chi connectivity index (χ0n) is 20.6. The summed E-state index contributed by atoms with van der Waals surface area (Å²) >= 11 is 6.63. The summed E-state index contributed by atoms with van der Waals surface area (Å²) in [5.41, 5.74) is 1.57. The molecule has 9 nitrogen and oxygen atoms in total. The molecule has 1 amide bonds. The molecule has 4 rings (SSSR count). The number of aryl methyl sites for hydroxylation is 1. The lowest BCUT2D eigenvalue weighted by molar-refractivity contribution is -0.137. The average molecular weight is 531 g/mol. The van der Waals surface area contributed by atoms with Crippen LogP contribution in [-0.2, 0) is 14.3 Å². The highest BCUT2D eigenvalue weighted by atomic mass is 32.2. The van der Waals surface area contributed by atoms with Gasteiger partial charge in [-0.3, -0.25) is 23.7 Å². The van der Waals surface area contributed by atoms with E-state index in [1.54, 1.807) is 12.3 Å². The Bertz CT molecular complexity index is 1280. The van der Waals surface area contributed by atoms with Crippen LogP contribution in [0.2, 0.25) is 0 Å². The number of aliphatic carboxylic acids is 1. The number of hydrogen-bond donors (Lipinski definition) is 1. The molecule has 2 unspecified atom stereocenters. The van der Waals surface area contributed by atoms with E-state index in [1.807, 2.05) is 32.9 Å². The number of carbonyl (C=O) groups excluding carboxylic acids is 1. The van der Waals surface area contributed by atoms with Crippen molar-refractivity contribution in [1.29, 1.82) is 0 Å². The lowest BCUT2D eigenvalue weighted by Crippen LogP contribution is -2.46. The van der Waals surface area contributed by atoms with Crippen LogP contribution in [0.25, 0.3) is 11.7 Å². The molecule has 36 heavy (non-hydrogen) atoms. The molecule has 2 aromatic heterocycles. The fraction of sp³-hybridized carbons (Fsp3) is 0.480. The summed E-state index contributed by atoms with van der Waals surface area (Å²) in [6, 6.07) is 3.73. The molecule has 0 aliphatic carbocycles. The van der Waals surface area contributed by atoms with Crippen molar-refractivity contribution in [2.24, 2.45) is 0 Å². The summed E-state index contributed by atoms with van der Waals surface area (Å²) in [4.78, 5) is 46.4. The number of morpholine rings is 1. The molecule has 2 aliphatic heterocycles. The predicted molar refractivity (Wildman–Crippen MR) is 144 cm³/mol. The Morgan fingerprint density at radius 2 is 1.94 bits per heavy atom. The topological polar surface area (TPSA) is 104 Å². The van der Waals surface area contributed by atoms with Crippen LogP contribution in [0.4, 0.5) is 5.82 Å². The molecule has 0 bridgehead atoms. The van der Waals surface area contributed by atoms with Crippen LogP contribution < -0.4 is 10.5 Å². The highest BCUT2D eigenvalue weighted by Gasteiger charge is 2.33. The summed E-state index contributed by atoms with van der Waals surface area (Å²) in [7, 11) is 0. The van der Waals surface area contributed by atoms with Crippen molar-refractivity contribution in [2.75, 3.05) is 24.5 Å². The summed E-state index contributed by atoms with van der Waals surface area (Å²) in [6.45, 7) is 7.46. The predicted octanol–water partition coefficient (Wildman–Crippen LogP) is 3.46. The van der Waals surface area contributed by atoms with Crippen LogP contribution in [-0.4, -0.2) is 67.4 Å². The highest BCUT2D eigenvalue weighted by molar-refractivity contribution is 8.26. The molecular formula is C25H30N4O5S2. The molecule has 0 spiro atoms. The van der Waals surface area contributed by atoms with Crippen molar-refractivity contribution in [3.05, 3.63) is 44.7 Å². The van der Waals surface area contributed by atoms with Gasteiger partial charge in [-0.15, -0.1) is 0 Å². The van der Waals surface area contributed by atoms with Crippen LogP contribution in [0.3, 0.4) is 0 Å². The minimum Gasteiger partial charge on any atom is -0.481 e. The molecule has 0 radical (unpaired) electrons. The maximum absolute atomic E-state index is 13.7. The number of fused-ring (bicyclic) bond motifs is 1. The van der Waals surface area contributed by atoms with E-state index in [4.69, 9.17) is 27.0 Å². The van der Waals surface area contributed by atoms with Crippen molar-refractivity contribution in [1.82, 2.24) is 14.3 Å². The lowest BCUT2D eigenvalue weighted by atomic mass is 10.1. The molecule has 1 N–H and O–H groups in total. The molecule has 2 atom stereocenters. The first kappa shape index (κ1) is 26.3. The first-order chi connectivity index (χ1) is 17.1. The number of carboxylic acid groups (broad SMARTS) is 1. The zero-order valence-corrected chi connectivity index (χ0v) is 22.2. The fourth-order valence-corrected chi connectivity index (χ4v) is 5.80. The maximum Gasteiger partial charge on any atom is 0.303 e. The number of pyridine rings is 1. The van der Waals surface area contributed by atoms with E-state index in [9.17, 15) is 14.4 Å². The van der Waals surface area contributed by atoms with E-state index < -0.39 is 5.97 Å². The Morgan fingerprint density at radius 3 is 2.64 bits per heavy atom. The molecule has 2 saturated heterocycles. The lowest BCUT2D eigenvalue weighted by Gasteiger charge is -2.36. The number of carbonyl (C=O) groups is 2. The third-order valence-corrected chi connectivity index (χ3v) is 7.50. The van der Waals surface area contributed by atoms with Crippen molar-refractivity contribution >= 4 is 57.7 Å². The van der Waals surface area contributed by atoms with E-state index in [0.29, 0.717) is 65.2 Å². The van der Waals surface area contributed by atoms with Gasteiger partial charge in [0.05, 0.1) is 22.7 Å². The van der Waals surface area contributed by atoms with E-state index in [-0.39, 0.29) is 30.1 Å². The number of amides is 1. The third-order valence-electron chi connectivity index (χ3n) is 6.13. The molecule has 2 fully saturated rings. The van der Waals surface area contributed by atoms with Gasteiger partial charge >= 0.3 is 5.97 Å². The van der Waals surface area contributed by atoms with Crippen LogP contribution >= 0.6 is 24.0 Å². The number of anilines is 1. The second-order valence-corrected chi connectivity index (χ2v) is 11.0. The Hall–Kier alpha value is -2.76. The van der Waals surface area contributed by atoms with Crippen LogP contribution in [0, 0.1) is 6.92 Å². The molecule has 2 aliphatic rings. The Balaban J connectivity index is 1.67. The summed E-state index contributed by atoms with van der Waals surface area (Å²) in [5.74, 6) is -0.537. The molecule has 0 saturated carbocycles. The van der Waals surface area contributed by atoms with Crippen molar-refractivity contribution in [3.8, 4) is 0 Å². The van der Waals surface area contributed by atoms with Gasteiger partial charge in [0.2, 0.25) is 0 Å². The number of ether oxygens (including phenoxy) is 1. The van der Waals surface area contributed by atoms with Gasteiger partial charge in [0.25, 0.3) is 11.5 Å². The molecule has 11 heteroatoms. The van der Waals surface area contributed by atoms with E-state index in [1.165, 1.54) is 21.1 Å². The first-order valence-electron chi connectivity index (χ1n) is 12.0. The monoisotopic (exact) mass is 530 g/mol. The summed E-state index contributed by atoms with van der Waals surface area (Å²) < 4.78 is 7.82. The molecule has 4 heterocycles. The van der Waals surface area contributed by atoms with Gasteiger partial charge in [0.15, 0.2) is 0 Å². The average Bonchev–Trinajstić information content (AvgIpc) is 3.07. The number of rotatable bonds is 8. The Labute approximate surface area is 219 Å². The second kappa shape index (κ2) is 11.1. The van der Waals surface area contributed by atoms with Crippen LogP contribution in [0.15, 0.2) is 28.0 Å². The van der Waals surface area contributed by atoms with Crippen molar-refractivity contribution < 1.29 is 19.4 Å². The number of unbranched alkanes of at least 4 members (excludes halogenated alkanes) is 2. The Kier molecular flexibility index (Phi) is 8.11. The Morgan fingerprint density at radius 1 is 1.22 bits per heavy atom. The summed E-state index contributed by atoms with van der Waals surface area (Å²) in [5, 5.41) is 8.79. The van der Waals surface area contributed by atoms with Crippen molar-refractivity contribution in [3.63, 3.8) is 0 Å². The minimum absolute atomic E-state index is 0.0285. The SMILES string of the molecule is Cc1ccc2nc(N3CC(C)OC(C)C3)c(C=C3SC(=S)N(CCCCCC(=O)O)C3=O)c(=O)n2c1. The smallest absolute Gasteiger partial charge is 0.303 e. The van der Waals surface area contributed by atoms with Gasteiger partial charge in [0.1, 0.15) is 15.8 Å². The van der Waals surface area contributed by atoms with Gasteiger partial charge in [-0.05, 0) is 51.3 Å². The van der Waals surface area contributed by atoms with Crippen molar-refractivity contribution in [2.45, 2.75) is 58.7 Å². The van der Waals surface area contributed by atoms with Gasteiger partial charge in [-0.25, -0.2) is 4.98 Å². The minimum atomic E-state index is -0.825. The zero-order chi connectivity index (χ0) is 26.0. The number of nitrogens with zero attached hydrogens (tertiary/aromatic N) is 4. The normalized spacial score (nSPS) is 21.7. The second-order valence-electron chi connectivity index (χ2n) is 9.29. The number of thioether (sulfide) groups is 1. The number of carboxylic acids is 1. The fourth-order valence-electron chi connectivity index (χ4n) is 4.51. The molecule has 192 valence electrons. The quantitative estimate of drug-likeness (QED) is 0.312. The first-order valence-corrected chi connectivity index (χ1v) is 13.3. The largest absolute Gasteiger partial charge is 0.481 e. The number of thiocarbonyl (C=S) groups is 1. The molecule has 2 aromatic rings.